The van der Waals surface area contributed by atoms with Gasteiger partial charge >= 0.3 is 0 Å². The zero-order valence-corrected chi connectivity index (χ0v) is 15.6. The molecule has 1 N–H and O–H groups in total. The molecule has 2 aromatic rings. The van der Waals surface area contributed by atoms with Crippen LogP contribution >= 0.6 is 0 Å². The van der Waals surface area contributed by atoms with Crippen LogP contribution in [0.4, 0.5) is 11.5 Å². The summed E-state index contributed by atoms with van der Waals surface area (Å²) in [6.07, 6.45) is 1.07. The molecule has 0 aliphatic carbocycles. The third-order valence-corrected chi connectivity index (χ3v) is 4.84. The predicted octanol–water partition coefficient (Wildman–Crippen LogP) is 2.90. The highest BCUT2D eigenvalue weighted by atomic mass is 32.2. The molecule has 0 bridgehead atoms. The van der Waals surface area contributed by atoms with Crippen molar-refractivity contribution in [2.75, 3.05) is 22.4 Å². The van der Waals surface area contributed by atoms with Crippen LogP contribution < -0.4 is 9.62 Å². The second kappa shape index (κ2) is 7.69. The fraction of sp³-hybridized carbons (Fsp3) is 0.412. The monoisotopic (exact) mass is 365 g/mol. The van der Waals surface area contributed by atoms with Gasteiger partial charge in [0.15, 0.2) is 5.82 Å². The number of nitrogens with one attached hydrogen (secondary N) is 1. The number of carbonyl (C=O) groups excluding carboxylic acids is 1. The van der Waals surface area contributed by atoms with Gasteiger partial charge in [-0.2, -0.15) is 0 Å². The normalized spacial score (nSPS) is 11.6. The molecule has 1 aromatic carbocycles. The second-order valence-electron chi connectivity index (χ2n) is 6.21. The summed E-state index contributed by atoms with van der Waals surface area (Å²) in [5.41, 5.74) is 1.86. The number of sulfonamides is 1. The standard InChI is InChI=1S/C17H23N3O4S/c1-12(2)14-5-7-15(8-6-14)18-17(21)9-10-20(25(4,22)23)16-11-13(3)24-19-16/h5-8,11-12H,9-10H2,1-4H3,(H,18,21). The van der Waals surface area contributed by atoms with Crippen LogP contribution in [0.15, 0.2) is 34.9 Å². The second-order valence-corrected chi connectivity index (χ2v) is 8.11. The van der Waals surface area contributed by atoms with E-state index in [9.17, 15) is 13.2 Å². The van der Waals surface area contributed by atoms with Crippen LogP contribution in [0.1, 0.15) is 37.5 Å². The van der Waals surface area contributed by atoms with E-state index in [-0.39, 0.29) is 24.7 Å². The lowest BCUT2D eigenvalue weighted by molar-refractivity contribution is -0.116. The van der Waals surface area contributed by atoms with Gasteiger partial charge in [0.05, 0.1) is 6.26 Å². The van der Waals surface area contributed by atoms with Crippen molar-refractivity contribution >= 4 is 27.4 Å². The third kappa shape index (κ3) is 5.32. The Morgan fingerprint density at radius 3 is 2.40 bits per heavy atom. The summed E-state index contributed by atoms with van der Waals surface area (Å²) in [4.78, 5) is 12.1. The van der Waals surface area contributed by atoms with E-state index in [1.807, 2.05) is 24.3 Å². The fourth-order valence-electron chi connectivity index (χ4n) is 2.30. The molecular formula is C17H23N3O4S. The van der Waals surface area contributed by atoms with Gasteiger partial charge in [-0.25, -0.2) is 8.42 Å². The van der Waals surface area contributed by atoms with Gasteiger partial charge < -0.3 is 9.84 Å². The number of carbonyl (C=O) groups is 1. The minimum Gasteiger partial charge on any atom is -0.360 e. The zero-order chi connectivity index (χ0) is 18.6. The van der Waals surface area contributed by atoms with Gasteiger partial charge in [-0.1, -0.05) is 31.1 Å². The first kappa shape index (κ1) is 19.0. The van der Waals surface area contributed by atoms with Crippen molar-refractivity contribution in [2.45, 2.75) is 33.1 Å². The molecule has 8 heteroatoms. The lowest BCUT2D eigenvalue weighted by atomic mass is 10.0. The van der Waals surface area contributed by atoms with E-state index in [4.69, 9.17) is 4.52 Å². The number of hydrogen-bond donors (Lipinski definition) is 1. The summed E-state index contributed by atoms with van der Waals surface area (Å²) in [5.74, 6) is 0.817. The molecule has 7 nitrogen and oxygen atoms in total. The summed E-state index contributed by atoms with van der Waals surface area (Å²) in [5, 5.41) is 6.48. The number of benzene rings is 1. The van der Waals surface area contributed by atoms with Crippen molar-refractivity contribution in [1.82, 2.24) is 5.16 Å². The first-order valence-corrected chi connectivity index (χ1v) is 9.82. The van der Waals surface area contributed by atoms with Gasteiger partial charge in [-0.05, 0) is 30.5 Å². The van der Waals surface area contributed by atoms with E-state index in [0.717, 1.165) is 10.6 Å². The first-order valence-electron chi connectivity index (χ1n) is 7.97. The quantitative estimate of drug-likeness (QED) is 0.814. The molecule has 0 spiro atoms. The van der Waals surface area contributed by atoms with Gasteiger partial charge in [-0.3, -0.25) is 9.10 Å². The maximum absolute atomic E-state index is 12.1. The van der Waals surface area contributed by atoms with Crippen LogP contribution in [-0.2, 0) is 14.8 Å². The molecule has 136 valence electrons. The van der Waals surface area contributed by atoms with Crippen molar-refractivity contribution in [3.63, 3.8) is 0 Å². The Hall–Kier alpha value is -2.35. The summed E-state index contributed by atoms with van der Waals surface area (Å²) < 4.78 is 29.8. The number of rotatable bonds is 7. The van der Waals surface area contributed by atoms with E-state index in [1.54, 1.807) is 6.92 Å². The van der Waals surface area contributed by atoms with Crippen molar-refractivity contribution in [3.8, 4) is 0 Å². The van der Waals surface area contributed by atoms with Gasteiger partial charge in [0.25, 0.3) is 0 Å². The zero-order valence-electron chi connectivity index (χ0n) is 14.8. The Morgan fingerprint density at radius 1 is 1.28 bits per heavy atom. The largest absolute Gasteiger partial charge is 0.360 e. The first-order chi connectivity index (χ1) is 11.7. The van der Waals surface area contributed by atoms with Crippen molar-refractivity contribution in [3.05, 3.63) is 41.7 Å². The number of nitrogens with zero attached hydrogens (tertiary/aromatic N) is 2. The number of anilines is 2. The summed E-state index contributed by atoms with van der Waals surface area (Å²) in [6.45, 7) is 5.85. The van der Waals surface area contributed by atoms with Gasteiger partial charge in [0, 0.05) is 24.7 Å². The molecule has 0 saturated carbocycles. The molecule has 0 radical (unpaired) electrons. The Balaban J connectivity index is 1.99. The Morgan fingerprint density at radius 2 is 1.92 bits per heavy atom. The minimum atomic E-state index is -3.56. The number of hydrogen-bond acceptors (Lipinski definition) is 5. The maximum atomic E-state index is 12.1. The molecule has 1 aromatic heterocycles. The molecule has 1 amide bonds. The Bertz CT molecular complexity index is 826. The highest BCUT2D eigenvalue weighted by Crippen LogP contribution is 2.19. The summed E-state index contributed by atoms with van der Waals surface area (Å²) in [6, 6.07) is 9.11. The average Bonchev–Trinajstić information content (AvgIpc) is 2.92. The maximum Gasteiger partial charge on any atom is 0.233 e. The molecule has 0 aliphatic rings. The average molecular weight is 365 g/mol. The summed E-state index contributed by atoms with van der Waals surface area (Å²) in [7, 11) is -3.56. The molecule has 1 heterocycles. The van der Waals surface area contributed by atoms with Gasteiger partial charge in [-0.15, -0.1) is 0 Å². The molecule has 2 rings (SSSR count). The van der Waals surface area contributed by atoms with Crippen LogP contribution in [0.3, 0.4) is 0 Å². The predicted molar refractivity (Wildman–Crippen MR) is 97.2 cm³/mol. The molecule has 0 fully saturated rings. The topological polar surface area (TPSA) is 92.5 Å². The van der Waals surface area contributed by atoms with Crippen molar-refractivity contribution in [2.24, 2.45) is 0 Å². The third-order valence-electron chi connectivity index (χ3n) is 3.67. The lowest BCUT2D eigenvalue weighted by Gasteiger charge is -2.18. The van der Waals surface area contributed by atoms with E-state index in [2.05, 4.69) is 24.3 Å². The number of amides is 1. The smallest absolute Gasteiger partial charge is 0.233 e. The molecule has 0 unspecified atom stereocenters. The highest BCUT2D eigenvalue weighted by molar-refractivity contribution is 7.92. The van der Waals surface area contributed by atoms with Crippen molar-refractivity contribution < 1.29 is 17.7 Å². The van der Waals surface area contributed by atoms with E-state index >= 15 is 0 Å². The van der Waals surface area contributed by atoms with Gasteiger partial charge in [0.2, 0.25) is 15.9 Å². The highest BCUT2D eigenvalue weighted by Gasteiger charge is 2.21. The molecule has 0 atom stereocenters. The fourth-order valence-corrected chi connectivity index (χ4v) is 3.15. The molecular weight excluding hydrogens is 342 g/mol. The van der Waals surface area contributed by atoms with Crippen LogP contribution in [0.25, 0.3) is 0 Å². The molecule has 0 aliphatic heterocycles. The number of aromatic nitrogens is 1. The Kier molecular flexibility index (Phi) is 5.84. The van der Waals surface area contributed by atoms with Crippen molar-refractivity contribution in [1.29, 1.82) is 0 Å². The van der Waals surface area contributed by atoms with E-state index in [1.165, 1.54) is 11.6 Å². The molecule has 0 saturated heterocycles. The summed E-state index contributed by atoms with van der Waals surface area (Å²) >= 11 is 0. The lowest BCUT2D eigenvalue weighted by Crippen LogP contribution is -2.33. The van der Waals surface area contributed by atoms with E-state index in [0.29, 0.717) is 17.4 Å². The Labute approximate surface area is 148 Å². The van der Waals surface area contributed by atoms with Crippen LogP contribution in [-0.4, -0.2) is 32.3 Å². The van der Waals surface area contributed by atoms with Crippen LogP contribution in [0, 0.1) is 6.92 Å². The van der Waals surface area contributed by atoms with Crippen LogP contribution in [0.5, 0.6) is 0 Å². The number of aryl methyl sites for hydroxylation is 1. The van der Waals surface area contributed by atoms with Crippen LogP contribution in [0.2, 0.25) is 0 Å². The molecule has 25 heavy (non-hydrogen) atoms. The van der Waals surface area contributed by atoms with Gasteiger partial charge in [0.1, 0.15) is 5.76 Å². The SMILES string of the molecule is Cc1cc(N(CCC(=O)Nc2ccc(C(C)C)cc2)S(C)(=O)=O)no1. The van der Waals surface area contributed by atoms with E-state index < -0.39 is 10.0 Å². The minimum absolute atomic E-state index is 0.00487.